The molecular weight excluding hydrogens is 459 g/mol. The van der Waals surface area contributed by atoms with Crippen LogP contribution in [-0.2, 0) is 11.3 Å². The molecule has 9 heteroatoms. The zero-order valence-electron chi connectivity index (χ0n) is 16.1. The third-order valence-electron chi connectivity index (χ3n) is 4.22. The molecule has 1 heterocycles. The maximum absolute atomic E-state index is 14.0. The van der Waals surface area contributed by atoms with E-state index < -0.39 is 11.1 Å². The summed E-state index contributed by atoms with van der Waals surface area (Å²) in [5.41, 5.74) is 0.961. The van der Waals surface area contributed by atoms with Gasteiger partial charge in [0.1, 0.15) is 11.6 Å². The Labute approximate surface area is 181 Å². The molecule has 0 spiro atoms. The van der Waals surface area contributed by atoms with Gasteiger partial charge in [-0.3, -0.25) is 4.79 Å². The zero-order chi connectivity index (χ0) is 21.0. The van der Waals surface area contributed by atoms with E-state index in [0.29, 0.717) is 27.7 Å². The smallest absolute Gasteiger partial charge is 0.237 e. The fourth-order valence-electron chi connectivity index (χ4n) is 2.73. The first-order valence-corrected chi connectivity index (χ1v) is 10.6. The number of nitrogens with one attached hydrogen (secondary N) is 1. The Hall–Kier alpha value is -2.39. The highest BCUT2D eigenvalue weighted by Gasteiger charge is 2.22. The van der Waals surface area contributed by atoms with Crippen molar-refractivity contribution in [2.45, 2.75) is 30.8 Å². The van der Waals surface area contributed by atoms with Crippen LogP contribution in [0.15, 0.2) is 52.1 Å². The number of hydrogen-bond donors (Lipinski definition) is 1. The molecule has 152 valence electrons. The van der Waals surface area contributed by atoms with E-state index in [4.69, 9.17) is 4.74 Å². The number of nitrogens with zero attached hydrogens (tertiary/aromatic N) is 3. The van der Waals surface area contributed by atoms with E-state index in [0.717, 1.165) is 5.56 Å². The van der Waals surface area contributed by atoms with Crippen molar-refractivity contribution in [1.29, 1.82) is 0 Å². The molecule has 1 N–H and O–H groups in total. The molecule has 0 saturated carbocycles. The van der Waals surface area contributed by atoms with Crippen LogP contribution in [0, 0.1) is 5.82 Å². The van der Waals surface area contributed by atoms with Gasteiger partial charge in [-0.05, 0) is 44.2 Å². The number of halogens is 2. The van der Waals surface area contributed by atoms with Gasteiger partial charge in [-0.2, -0.15) is 0 Å². The van der Waals surface area contributed by atoms with Crippen LogP contribution in [0.4, 0.5) is 10.1 Å². The number of aromatic nitrogens is 3. The molecule has 1 amide bonds. The molecule has 2 aromatic carbocycles. The SMILES string of the molecule is CCn1c(SC(C)C(=O)Nc2ccc(Br)cc2F)nnc1-c1ccccc1OC. The lowest BCUT2D eigenvalue weighted by atomic mass is 10.2. The van der Waals surface area contributed by atoms with E-state index in [2.05, 4.69) is 31.4 Å². The van der Waals surface area contributed by atoms with Gasteiger partial charge in [0.2, 0.25) is 5.91 Å². The number of amides is 1. The lowest BCUT2D eigenvalue weighted by molar-refractivity contribution is -0.115. The number of anilines is 1. The van der Waals surface area contributed by atoms with Crippen molar-refractivity contribution in [3.63, 3.8) is 0 Å². The predicted octanol–water partition coefficient (Wildman–Crippen LogP) is 4.99. The fraction of sp³-hybridized carbons (Fsp3) is 0.250. The Kier molecular flexibility index (Phi) is 6.92. The molecule has 3 aromatic rings. The average Bonchev–Trinajstić information content (AvgIpc) is 3.12. The number of ether oxygens (including phenoxy) is 1. The second-order valence-electron chi connectivity index (χ2n) is 6.12. The number of carbonyl (C=O) groups excluding carboxylic acids is 1. The van der Waals surface area contributed by atoms with Crippen molar-refractivity contribution < 1.29 is 13.9 Å². The normalized spacial score (nSPS) is 11.9. The Morgan fingerprint density at radius 1 is 1.31 bits per heavy atom. The van der Waals surface area contributed by atoms with Crippen molar-refractivity contribution in [1.82, 2.24) is 14.8 Å². The number of para-hydroxylation sites is 1. The number of benzene rings is 2. The van der Waals surface area contributed by atoms with Gasteiger partial charge in [-0.1, -0.05) is 39.8 Å². The number of methoxy groups -OCH3 is 1. The molecule has 0 radical (unpaired) electrons. The minimum atomic E-state index is -0.502. The number of thioether (sulfide) groups is 1. The van der Waals surface area contributed by atoms with Crippen LogP contribution in [0.3, 0.4) is 0 Å². The predicted molar refractivity (Wildman–Crippen MR) is 116 cm³/mol. The van der Waals surface area contributed by atoms with Crippen LogP contribution in [0.25, 0.3) is 11.4 Å². The van der Waals surface area contributed by atoms with E-state index >= 15 is 0 Å². The summed E-state index contributed by atoms with van der Waals surface area (Å²) in [6.45, 7) is 4.35. The fourth-order valence-corrected chi connectivity index (χ4v) is 3.97. The Bertz CT molecular complexity index is 1030. The Balaban J connectivity index is 1.79. The molecule has 0 bridgehead atoms. The van der Waals surface area contributed by atoms with E-state index in [-0.39, 0.29) is 11.6 Å². The van der Waals surface area contributed by atoms with Gasteiger partial charge in [-0.25, -0.2) is 4.39 Å². The summed E-state index contributed by atoms with van der Waals surface area (Å²) in [4.78, 5) is 12.5. The summed E-state index contributed by atoms with van der Waals surface area (Å²) in [5.74, 6) is 0.544. The van der Waals surface area contributed by atoms with E-state index in [1.807, 2.05) is 35.8 Å². The lowest BCUT2D eigenvalue weighted by Crippen LogP contribution is -2.23. The van der Waals surface area contributed by atoms with Gasteiger partial charge in [0, 0.05) is 11.0 Å². The van der Waals surface area contributed by atoms with E-state index in [1.54, 1.807) is 20.1 Å². The second kappa shape index (κ2) is 9.41. The average molecular weight is 479 g/mol. The third kappa shape index (κ3) is 4.79. The highest BCUT2D eigenvalue weighted by atomic mass is 79.9. The highest BCUT2D eigenvalue weighted by Crippen LogP contribution is 2.32. The molecule has 0 fully saturated rings. The van der Waals surface area contributed by atoms with Gasteiger partial charge in [-0.15, -0.1) is 10.2 Å². The van der Waals surface area contributed by atoms with Crippen LogP contribution in [-0.4, -0.2) is 33.0 Å². The molecule has 0 aliphatic rings. The maximum atomic E-state index is 14.0. The summed E-state index contributed by atoms with van der Waals surface area (Å²) in [7, 11) is 1.61. The number of hydrogen-bond acceptors (Lipinski definition) is 5. The molecule has 29 heavy (non-hydrogen) atoms. The summed E-state index contributed by atoms with van der Waals surface area (Å²) in [6, 6.07) is 12.1. The molecule has 6 nitrogen and oxygen atoms in total. The van der Waals surface area contributed by atoms with Crippen LogP contribution in [0.2, 0.25) is 0 Å². The van der Waals surface area contributed by atoms with Crippen molar-refractivity contribution in [3.8, 4) is 17.1 Å². The maximum Gasteiger partial charge on any atom is 0.237 e. The molecule has 3 rings (SSSR count). The van der Waals surface area contributed by atoms with Crippen molar-refractivity contribution in [2.75, 3.05) is 12.4 Å². The molecule has 0 aliphatic carbocycles. The first-order chi connectivity index (χ1) is 13.9. The topological polar surface area (TPSA) is 69.0 Å². The molecule has 0 saturated heterocycles. The first kappa shape index (κ1) is 21.3. The first-order valence-electron chi connectivity index (χ1n) is 8.93. The summed E-state index contributed by atoms with van der Waals surface area (Å²) >= 11 is 4.46. The standard InChI is InChI=1S/C20H20BrFN4O2S/c1-4-26-18(14-7-5-6-8-17(14)28-3)24-25-20(26)29-12(2)19(27)23-16-10-9-13(21)11-15(16)22/h5-12H,4H2,1-3H3,(H,23,27). The summed E-state index contributed by atoms with van der Waals surface area (Å²) in [6.07, 6.45) is 0. The van der Waals surface area contributed by atoms with Crippen LogP contribution in [0.1, 0.15) is 13.8 Å². The van der Waals surface area contributed by atoms with Gasteiger partial charge in [0.05, 0.1) is 23.6 Å². The van der Waals surface area contributed by atoms with Gasteiger partial charge in [0.15, 0.2) is 11.0 Å². The lowest BCUT2D eigenvalue weighted by Gasteiger charge is -2.14. The summed E-state index contributed by atoms with van der Waals surface area (Å²) in [5, 5.41) is 11.3. The Morgan fingerprint density at radius 3 is 2.76 bits per heavy atom. The van der Waals surface area contributed by atoms with E-state index in [9.17, 15) is 9.18 Å². The molecule has 1 aromatic heterocycles. The minimum absolute atomic E-state index is 0.136. The molecule has 1 atom stereocenters. The second-order valence-corrected chi connectivity index (χ2v) is 8.35. The quantitative estimate of drug-likeness (QED) is 0.484. The van der Waals surface area contributed by atoms with Crippen molar-refractivity contribution >= 4 is 39.3 Å². The number of rotatable bonds is 7. The van der Waals surface area contributed by atoms with Crippen molar-refractivity contribution in [3.05, 3.63) is 52.8 Å². The van der Waals surface area contributed by atoms with Crippen LogP contribution in [0.5, 0.6) is 5.75 Å². The van der Waals surface area contributed by atoms with Gasteiger partial charge in [0.25, 0.3) is 0 Å². The van der Waals surface area contributed by atoms with Gasteiger partial charge < -0.3 is 14.6 Å². The third-order valence-corrected chi connectivity index (χ3v) is 5.80. The highest BCUT2D eigenvalue weighted by molar-refractivity contribution is 9.10. The largest absolute Gasteiger partial charge is 0.496 e. The van der Waals surface area contributed by atoms with Crippen LogP contribution >= 0.6 is 27.7 Å². The van der Waals surface area contributed by atoms with Crippen molar-refractivity contribution in [2.24, 2.45) is 0 Å². The molecule has 1 unspecified atom stereocenters. The number of carbonyl (C=O) groups is 1. The molecule has 0 aliphatic heterocycles. The Morgan fingerprint density at radius 2 is 2.07 bits per heavy atom. The monoisotopic (exact) mass is 478 g/mol. The molecular formula is C20H20BrFN4O2S. The van der Waals surface area contributed by atoms with Crippen LogP contribution < -0.4 is 10.1 Å². The van der Waals surface area contributed by atoms with Gasteiger partial charge >= 0.3 is 0 Å². The minimum Gasteiger partial charge on any atom is -0.496 e. The zero-order valence-corrected chi connectivity index (χ0v) is 18.6. The summed E-state index contributed by atoms with van der Waals surface area (Å²) < 4.78 is 21.9. The van der Waals surface area contributed by atoms with E-state index in [1.165, 1.54) is 23.9 Å².